The number of benzene rings is 1. The van der Waals surface area contributed by atoms with Crippen LogP contribution < -0.4 is 5.32 Å². The fraction of sp³-hybridized carbons (Fsp3) is 0.200. The number of carbonyl (C=O) groups is 3. The SMILES string of the molecule is Cc1noc(C)c1C(=O)Nc1ccc2c(c1)C(=O)N(C)C2=O. The maximum Gasteiger partial charge on any atom is 0.261 e. The van der Waals surface area contributed by atoms with E-state index in [1.54, 1.807) is 19.9 Å². The van der Waals surface area contributed by atoms with E-state index in [2.05, 4.69) is 10.5 Å². The maximum absolute atomic E-state index is 12.3. The van der Waals surface area contributed by atoms with E-state index in [-0.39, 0.29) is 23.3 Å². The van der Waals surface area contributed by atoms with Crippen molar-refractivity contribution in [2.75, 3.05) is 12.4 Å². The predicted octanol–water partition coefficient (Wildman–Crippen LogP) is 1.77. The smallest absolute Gasteiger partial charge is 0.261 e. The van der Waals surface area contributed by atoms with Crippen LogP contribution >= 0.6 is 0 Å². The fourth-order valence-electron chi connectivity index (χ4n) is 2.44. The van der Waals surface area contributed by atoms with Gasteiger partial charge in [-0.1, -0.05) is 5.16 Å². The molecule has 7 nitrogen and oxygen atoms in total. The minimum atomic E-state index is -0.381. The quantitative estimate of drug-likeness (QED) is 0.853. The van der Waals surface area contributed by atoms with Gasteiger partial charge in [0.05, 0.1) is 16.8 Å². The topological polar surface area (TPSA) is 92.5 Å². The van der Waals surface area contributed by atoms with Crippen molar-refractivity contribution in [3.05, 3.63) is 46.3 Å². The Morgan fingerprint density at radius 3 is 2.50 bits per heavy atom. The predicted molar refractivity (Wildman–Crippen MR) is 76.8 cm³/mol. The van der Waals surface area contributed by atoms with Crippen LogP contribution in [0.2, 0.25) is 0 Å². The third-order valence-corrected chi connectivity index (χ3v) is 3.61. The second-order valence-electron chi connectivity index (χ2n) is 5.08. The molecule has 0 aliphatic carbocycles. The Kier molecular flexibility index (Phi) is 3.05. The molecule has 0 spiro atoms. The standard InChI is InChI=1S/C15H13N3O4/c1-7-12(8(2)22-17-7)13(19)16-9-4-5-10-11(6-9)15(21)18(3)14(10)20/h4-6H,1-3H3,(H,16,19). The number of fused-ring (bicyclic) bond motifs is 1. The van der Waals surface area contributed by atoms with E-state index in [1.165, 1.54) is 19.2 Å². The minimum absolute atomic E-state index is 0.282. The first-order valence-corrected chi connectivity index (χ1v) is 6.61. The average Bonchev–Trinajstić information content (AvgIpc) is 2.92. The summed E-state index contributed by atoms with van der Waals surface area (Å²) in [5.74, 6) is -0.680. The molecule has 0 unspecified atom stereocenters. The molecule has 0 saturated carbocycles. The second kappa shape index (κ2) is 4.80. The Labute approximate surface area is 125 Å². The summed E-state index contributed by atoms with van der Waals surface area (Å²) >= 11 is 0. The highest BCUT2D eigenvalue weighted by Gasteiger charge is 2.32. The van der Waals surface area contributed by atoms with Crippen LogP contribution in [-0.4, -0.2) is 34.8 Å². The molecule has 2 heterocycles. The molecule has 3 rings (SSSR count). The Balaban J connectivity index is 1.91. The summed E-state index contributed by atoms with van der Waals surface area (Å²) in [6, 6.07) is 4.61. The Hall–Kier alpha value is -2.96. The Morgan fingerprint density at radius 1 is 1.18 bits per heavy atom. The molecule has 112 valence electrons. The molecule has 1 aliphatic rings. The maximum atomic E-state index is 12.3. The summed E-state index contributed by atoms with van der Waals surface area (Å²) in [6.45, 7) is 3.32. The first kappa shape index (κ1) is 14.0. The van der Waals surface area contributed by atoms with Crippen molar-refractivity contribution >= 4 is 23.4 Å². The van der Waals surface area contributed by atoms with Crippen molar-refractivity contribution in [1.29, 1.82) is 0 Å². The van der Waals surface area contributed by atoms with Gasteiger partial charge in [-0.25, -0.2) is 0 Å². The lowest BCUT2D eigenvalue weighted by atomic mass is 10.1. The van der Waals surface area contributed by atoms with Crippen LogP contribution in [0.3, 0.4) is 0 Å². The molecule has 7 heteroatoms. The van der Waals surface area contributed by atoms with Crippen molar-refractivity contribution in [2.24, 2.45) is 0 Å². The number of hydrogen-bond acceptors (Lipinski definition) is 5. The first-order chi connectivity index (χ1) is 10.4. The van der Waals surface area contributed by atoms with Crippen molar-refractivity contribution in [1.82, 2.24) is 10.1 Å². The van der Waals surface area contributed by atoms with Crippen molar-refractivity contribution in [3.63, 3.8) is 0 Å². The summed E-state index contributed by atoms with van der Waals surface area (Å²) in [5.41, 5.74) is 1.90. The number of carbonyl (C=O) groups excluding carboxylic acids is 3. The van der Waals surface area contributed by atoms with Gasteiger partial charge in [0.1, 0.15) is 11.3 Å². The molecule has 1 N–H and O–H groups in total. The number of imide groups is 1. The van der Waals surface area contributed by atoms with E-state index >= 15 is 0 Å². The molecule has 0 radical (unpaired) electrons. The lowest BCUT2D eigenvalue weighted by molar-refractivity contribution is 0.0692. The first-order valence-electron chi connectivity index (χ1n) is 6.61. The molecular formula is C15H13N3O4. The number of anilines is 1. The monoisotopic (exact) mass is 299 g/mol. The Bertz CT molecular complexity index is 803. The summed E-state index contributed by atoms with van der Waals surface area (Å²) in [4.78, 5) is 37.1. The lowest BCUT2D eigenvalue weighted by Crippen LogP contribution is -2.24. The van der Waals surface area contributed by atoms with Gasteiger partial charge in [0.15, 0.2) is 0 Å². The van der Waals surface area contributed by atoms with Crippen molar-refractivity contribution < 1.29 is 18.9 Å². The van der Waals surface area contributed by atoms with Gasteiger partial charge in [0.25, 0.3) is 17.7 Å². The third kappa shape index (κ3) is 1.98. The molecule has 1 aromatic heterocycles. The van der Waals surface area contributed by atoms with Crippen LogP contribution in [0.15, 0.2) is 22.7 Å². The number of hydrogen-bond donors (Lipinski definition) is 1. The molecule has 0 saturated heterocycles. The second-order valence-corrected chi connectivity index (χ2v) is 5.08. The van der Waals surface area contributed by atoms with Gasteiger partial charge in [-0.3, -0.25) is 19.3 Å². The summed E-state index contributed by atoms with van der Waals surface area (Å²) in [5, 5.41) is 6.41. The number of rotatable bonds is 2. The fourth-order valence-corrected chi connectivity index (χ4v) is 2.44. The number of aryl methyl sites for hydroxylation is 2. The Morgan fingerprint density at radius 2 is 1.86 bits per heavy atom. The van der Waals surface area contributed by atoms with Crippen molar-refractivity contribution in [2.45, 2.75) is 13.8 Å². The van der Waals surface area contributed by atoms with Gasteiger partial charge in [0.2, 0.25) is 0 Å². The summed E-state index contributed by atoms with van der Waals surface area (Å²) < 4.78 is 4.96. The zero-order valence-corrected chi connectivity index (χ0v) is 12.3. The number of nitrogens with one attached hydrogen (secondary N) is 1. The van der Waals surface area contributed by atoms with Gasteiger partial charge in [-0.05, 0) is 32.0 Å². The highest BCUT2D eigenvalue weighted by Crippen LogP contribution is 2.25. The molecule has 3 amide bonds. The van der Waals surface area contributed by atoms with E-state index in [1.807, 2.05) is 0 Å². The number of aromatic nitrogens is 1. The molecule has 0 fully saturated rings. The average molecular weight is 299 g/mol. The zero-order chi connectivity index (χ0) is 16.0. The largest absolute Gasteiger partial charge is 0.361 e. The molecule has 0 atom stereocenters. The van der Waals surface area contributed by atoms with E-state index in [9.17, 15) is 14.4 Å². The van der Waals surface area contributed by atoms with Gasteiger partial charge in [0, 0.05) is 12.7 Å². The molecule has 1 aliphatic heterocycles. The van der Waals surface area contributed by atoms with E-state index in [0.717, 1.165) is 4.90 Å². The molecular weight excluding hydrogens is 286 g/mol. The van der Waals surface area contributed by atoms with Crippen molar-refractivity contribution in [3.8, 4) is 0 Å². The normalized spacial score (nSPS) is 13.5. The van der Waals surface area contributed by atoms with Crippen LogP contribution in [0.25, 0.3) is 0 Å². The summed E-state index contributed by atoms with van der Waals surface area (Å²) in [6.07, 6.45) is 0. The minimum Gasteiger partial charge on any atom is -0.361 e. The van der Waals surface area contributed by atoms with Gasteiger partial charge < -0.3 is 9.84 Å². The van der Waals surface area contributed by atoms with Gasteiger partial charge in [-0.15, -0.1) is 0 Å². The van der Waals surface area contributed by atoms with Crippen LogP contribution in [0.4, 0.5) is 5.69 Å². The van der Waals surface area contributed by atoms with Gasteiger partial charge in [-0.2, -0.15) is 0 Å². The molecule has 22 heavy (non-hydrogen) atoms. The number of amides is 3. The van der Waals surface area contributed by atoms with Crippen LogP contribution in [0.5, 0.6) is 0 Å². The summed E-state index contributed by atoms with van der Waals surface area (Å²) in [7, 11) is 1.42. The van der Waals surface area contributed by atoms with Crippen LogP contribution in [-0.2, 0) is 0 Å². The lowest BCUT2D eigenvalue weighted by Gasteiger charge is -2.06. The van der Waals surface area contributed by atoms with E-state index in [0.29, 0.717) is 28.3 Å². The third-order valence-electron chi connectivity index (χ3n) is 3.61. The van der Waals surface area contributed by atoms with Crippen LogP contribution in [0, 0.1) is 13.8 Å². The van der Waals surface area contributed by atoms with Gasteiger partial charge >= 0.3 is 0 Å². The van der Waals surface area contributed by atoms with E-state index in [4.69, 9.17) is 4.52 Å². The molecule has 1 aromatic carbocycles. The zero-order valence-electron chi connectivity index (χ0n) is 12.3. The highest BCUT2D eigenvalue weighted by molar-refractivity contribution is 6.21. The van der Waals surface area contributed by atoms with E-state index < -0.39 is 0 Å². The highest BCUT2D eigenvalue weighted by atomic mass is 16.5. The van der Waals surface area contributed by atoms with Crippen LogP contribution in [0.1, 0.15) is 42.5 Å². The molecule has 2 aromatic rings. The number of nitrogens with zero attached hydrogens (tertiary/aromatic N) is 2. The molecule has 0 bridgehead atoms.